The molecular formula is C14H19FN2O3. The number of hydrogen-bond acceptors (Lipinski definition) is 2. The van der Waals surface area contributed by atoms with Crippen LogP contribution in [-0.2, 0) is 0 Å². The lowest BCUT2D eigenvalue weighted by Crippen LogP contribution is -2.30. The number of benzene rings is 1. The number of nitrogens with one attached hydrogen (secondary N) is 2. The summed E-state index contributed by atoms with van der Waals surface area (Å²) in [5, 5.41) is 13.7. The highest BCUT2D eigenvalue weighted by molar-refractivity contribution is 5.93. The summed E-state index contributed by atoms with van der Waals surface area (Å²) in [5.41, 5.74) is -0.222. The molecule has 0 heterocycles. The van der Waals surface area contributed by atoms with Gasteiger partial charge in [-0.3, -0.25) is 0 Å². The van der Waals surface area contributed by atoms with E-state index in [1.165, 1.54) is 0 Å². The van der Waals surface area contributed by atoms with Gasteiger partial charge < -0.3 is 15.7 Å². The molecule has 0 aliphatic heterocycles. The molecule has 0 aliphatic carbocycles. The first kappa shape index (κ1) is 15.9. The third-order valence-electron chi connectivity index (χ3n) is 2.78. The van der Waals surface area contributed by atoms with Crippen molar-refractivity contribution in [2.24, 2.45) is 0 Å². The number of hydrogen-bond donors (Lipinski definition) is 3. The van der Waals surface area contributed by atoms with Crippen LogP contribution < -0.4 is 10.6 Å². The van der Waals surface area contributed by atoms with Gasteiger partial charge in [-0.05, 0) is 24.6 Å². The maximum Gasteiger partial charge on any atom is 0.335 e. The van der Waals surface area contributed by atoms with E-state index < -0.39 is 17.8 Å². The van der Waals surface area contributed by atoms with Gasteiger partial charge in [0, 0.05) is 6.54 Å². The molecule has 0 atom stereocenters. The van der Waals surface area contributed by atoms with Gasteiger partial charge in [0.05, 0.1) is 11.3 Å². The van der Waals surface area contributed by atoms with Crippen LogP contribution in [-0.4, -0.2) is 23.7 Å². The van der Waals surface area contributed by atoms with E-state index in [1.807, 2.05) is 0 Å². The topological polar surface area (TPSA) is 78.4 Å². The summed E-state index contributed by atoms with van der Waals surface area (Å²) in [6.07, 6.45) is 4.11. The summed E-state index contributed by atoms with van der Waals surface area (Å²) in [5.74, 6) is -1.84. The highest BCUT2D eigenvalue weighted by Crippen LogP contribution is 2.16. The molecule has 20 heavy (non-hydrogen) atoms. The number of amides is 2. The quantitative estimate of drug-likeness (QED) is 0.672. The second-order valence-electron chi connectivity index (χ2n) is 4.44. The first-order valence-electron chi connectivity index (χ1n) is 6.62. The monoisotopic (exact) mass is 282 g/mol. The van der Waals surface area contributed by atoms with Gasteiger partial charge in [0.15, 0.2) is 0 Å². The van der Waals surface area contributed by atoms with E-state index >= 15 is 0 Å². The molecule has 2 amide bonds. The average molecular weight is 282 g/mol. The summed E-state index contributed by atoms with van der Waals surface area (Å²) in [6.45, 7) is 2.60. The third kappa shape index (κ3) is 5.26. The van der Waals surface area contributed by atoms with E-state index in [0.717, 1.165) is 43.9 Å². The summed E-state index contributed by atoms with van der Waals surface area (Å²) in [7, 11) is 0. The van der Waals surface area contributed by atoms with Crippen molar-refractivity contribution >= 4 is 17.7 Å². The lowest BCUT2D eigenvalue weighted by molar-refractivity contribution is 0.0697. The van der Waals surface area contributed by atoms with Gasteiger partial charge >= 0.3 is 12.0 Å². The zero-order valence-electron chi connectivity index (χ0n) is 11.4. The number of anilines is 1. The largest absolute Gasteiger partial charge is 0.478 e. The summed E-state index contributed by atoms with van der Waals surface area (Å²) in [4.78, 5) is 22.3. The zero-order valence-corrected chi connectivity index (χ0v) is 11.4. The van der Waals surface area contributed by atoms with Crippen molar-refractivity contribution in [3.63, 3.8) is 0 Å². The smallest absolute Gasteiger partial charge is 0.335 e. The number of carbonyl (C=O) groups is 2. The summed E-state index contributed by atoms with van der Waals surface area (Å²) in [6, 6.07) is 2.71. The van der Waals surface area contributed by atoms with E-state index in [1.54, 1.807) is 0 Å². The Labute approximate surface area is 117 Å². The fraction of sp³-hybridized carbons (Fsp3) is 0.429. The van der Waals surface area contributed by atoms with Gasteiger partial charge in [0.2, 0.25) is 0 Å². The van der Waals surface area contributed by atoms with Crippen molar-refractivity contribution < 1.29 is 19.1 Å². The van der Waals surface area contributed by atoms with Crippen molar-refractivity contribution in [1.82, 2.24) is 5.32 Å². The Morgan fingerprint density at radius 2 is 2.00 bits per heavy atom. The van der Waals surface area contributed by atoms with Crippen LogP contribution in [0.3, 0.4) is 0 Å². The molecule has 0 radical (unpaired) electrons. The van der Waals surface area contributed by atoms with Crippen LogP contribution in [0.2, 0.25) is 0 Å². The number of unbranched alkanes of at least 4 members (excludes halogenated alkanes) is 3. The number of halogens is 1. The van der Waals surface area contributed by atoms with Gasteiger partial charge in [0.25, 0.3) is 0 Å². The third-order valence-corrected chi connectivity index (χ3v) is 2.78. The van der Waals surface area contributed by atoms with E-state index in [0.29, 0.717) is 6.54 Å². The van der Waals surface area contributed by atoms with Crippen LogP contribution in [0.5, 0.6) is 0 Å². The van der Waals surface area contributed by atoms with Gasteiger partial charge in [-0.1, -0.05) is 26.2 Å². The average Bonchev–Trinajstić information content (AvgIpc) is 2.40. The van der Waals surface area contributed by atoms with Crippen molar-refractivity contribution in [3.05, 3.63) is 29.6 Å². The van der Waals surface area contributed by atoms with Gasteiger partial charge in [-0.15, -0.1) is 0 Å². The molecule has 1 aromatic carbocycles. The summed E-state index contributed by atoms with van der Waals surface area (Å²) >= 11 is 0. The molecule has 1 aromatic rings. The zero-order chi connectivity index (χ0) is 15.0. The van der Waals surface area contributed by atoms with E-state index in [-0.39, 0.29) is 11.3 Å². The van der Waals surface area contributed by atoms with E-state index in [9.17, 15) is 14.0 Å². The lowest BCUT2D eigenvalue weighted by atomic mass is 10.2. The molecule has 3 N–H and O–H groups in total. The Morgan fingerprint density at radius 3 is 2.65 bits per heavy atom. The van der Waals surface area contributed by atoms with Crippen molar-refractivity contribution in [1.29, 1.82) is 0 Å². The molecule has 0 aliphatic rings. The molecule has 0 spiro atoms. The Kier molecular flexibility index (Phi) is 6.49. The SMILES string of the molecule is CCCCCCNC(=O)Nc1cc(C(=O)O)ccc1F. The van der Waals surface area contributed by atoms with Crippen LogP contribution in [0.4, 0.5) is 14.9 Å². The van der Waals surface area contributed by atoms with Crippen molar-refractivity contribution in [2.45, 2.75) is 32.6 Å². The molecule has 0 bridgehead atoms. The predicted octanol–water partition coefficient (Wildman–Crippen LogP) is 3.23. The van der Waals surface area contributed by atoms with Crippen LogP contribution in [0.25, 0.3) is 0 Å². The molecule has 5 nitrogen and oxygen atoms in total. The van der Waals surface area contributed by atoms with Crippen molar-refractivity contribution in [3.8, 4) is 0 Å². The fourth-order valence-corrected chi connectivity index (χ4v) is 1.67. The number of carboxylic acids is 1. The van der Waals surface area contributed by atoms with Crippen LogP contribution in [0.1, 0.15) is 43.0 Å². The Morgan fingerprint density at radius 1 is 1.25 bits per heavy atom. The summed E-state index contributed by atoms with van der Waals surface area (Å²) < 4.78 is 13.4. The molecule has 6 heteroatoms. The van der Waals surface area contributed by atoms with Crippen molar-refractivity contribution in [2.75, 3.05) is 11.9 Å². The molecule has 0 fully saturated rings. The number of aromatic carboxylic acids is 1. The van der Waals surface area contributed by atoms with Crippen LogP contribution >= 0.6 is 0 Å². The fourth-order valence-electron chi connectivity index (χ4n) is 1.67. The second-order valence-corrected chi connectivity index (χ2v) is 4.44. The first-order valence-corrected chi connectivity index (χ1v) is 6.62. The van der Waals surface area contributed by atoms with E-state index in [2.05, 4.69) is 17.6 Å². The Balaban J connectivity index is 2.49. The normalized spacial score (nSPS) is 10.1. The van der Waals surface area contributed by atoms with Gasteiger partial charge in [0.1, 0.15) is 5.82 Å². The number of rotatable bonds is 7. The molecule has 1 rings (SSSR count). The standard InChI is InChI=1S/C14H19FN2O3/c1-2-3-4-5-8-16-14(20)17-12-9-10(13(18)19)6-7-11(12)15/h6-7,9H,2-5,8H2,1H3,(H,18,19)(H2,16,17,20). The van der Waals surface area contributed by atoms with E-state index in [4.69, 9.17) is 5.11 Å². The number of urea groups is 1. The second kappa shape index (κ2) is 8.14. The molecule has 110 valence electrons. The van der Waals surface area contributed by atoms with Crippen LogP contribution in [0, 0.1) is 5.82 Å². The minimum atomic E-state index is -1.17. The lowest BCUT2D eigenvalue weighted by Gasteiger charge is -2.09. The molecule has 0 saturated carbocycles. The minimum Gasteiger partial charge on any atom is -0.478 e. The predicted molar refractivity (Wildman–Crippen MR) is 74.5 cm³/mol. The molecule has 0 aromatic heterocycles. The maximum absolute atomic E-state index is 13.4. The van der Waals surface area contributed by atoms with Gasteiger partial charge in [-0.2, -0.15) is 0 Å². The Hall–Kier alpha value is -2.11. The van der Waals surface area contributed by atoms with Crippen LogP contribution in [0.15, 0.2) is 18.2 Å². The number of carboxylic acid groups (broad SMARTS) is 1. The molecule has 0 unspecified atom stereocenters. The highest BCUT2D eigenvalue weighted by Gasteiger charge is 2.10. The highest BCUT2D eigenvalue weighted by atomic mass is 19.1. The number of carbonyl (C=O) groups excluding carboxylic acids is 1. The Bertz CT molecular complexity index is 477. The van der Waals surface area contributed by atoms with Gasteiger partial charge in [-0.25, -0.2) is 14.0 Å². The first-order chi connectivity index (χ1) is 9.54. The molecular weight excluding hydrogens is 263 g/mol. The molecule has 0 saturated heterocycles. The maximum atomic E-state index is 13.4. The minimum absolute atomic E-state index is 0.0790.